The Balaban J connectivity index is 1.38. The highest BCUT2D eigenvalue weighted by Crippen LogP contribution is 2.38. The largest absolute Gasteiger partial charge is 0.367 e. The third-order valence-corrected chi connectivity index (χ3v) is 8.98. The van der Waals surface area contributed by atoms with Gasteiger partial charge in [0.25, 0.3) is 5.91 Å². The molecule has 5 rings (SSSR count). The number of Topliss-reactive ketones (excluding diaryl/α,β-unsaturated/α-hetero) is 1. The average molecular weight is 550 g/mol. The number of amides is 2. The maximum atomic E-state index is 13.5. The highest BCUT2D eigenvalue weighted by Gasteiger charge is 2.55. The number of nitrogens with one attached hydrogen (secondary N) is 2. The predicted octanol–water partition coefficient (Wildman–Crippen LogP) is 4.53. The number of nitrogens with zero attached hydrogens (tertiary/aromatic N) is 1. The van der Waals surface area contributed by atoms with Gasteiger partial charge in [-0.2, -0.15) is 0 Å². The molecule has 1 aliphatic heterocycles. The maximum Gasteiger partial charge on any atom is 0.271 e. The second kappa shape index (κ2) is 9.99. The van der Waals surface area contributed by atoms with Crippen molar-refractivity contribution >= 4 is 63.5 Å². The molecule has 0 spiro atoms. The standard InChI is InChI=1S/C24H21Cl2N3O4S2/c25-14-6-5-13(9-15(14)26)10-16(22(32)29-24-7-1-4-20(24)33-11-19(24)30)27-21(31)17-12-35-23(28-17)18-3-2-8-34-18/h2-3,5-6,8-9,12,16,20H,1,4,7,10-11H2,(H,27,31)(H,29,32). The second-order valence-corrected chi connectivity index (χ2v) is 11.2. The number of aromatic nitrogens is 1. The zero-order valence-corrected chi connectivity index (χ0v) is 21.5. The van der Waals surface area contributed by atoms with Crippen molar-refractivity contribution < 1.29 is 19.1 Å². The van der Waals surface area contributed by atoms with Gasteiger partial charge in [0.1, 0.15) is 28.9 Å². The maximum absolute atomic E-state index is 13.5. The Morgan fingerprint density at radius 1 is 1.23 bits per heavy atom. The summed E-state index contributed by atoms with van der Waals surface area (Å²) >= 11 is 15.1. The van der Waals surface area contributed by atoms with E-state index in [1.807, 2.05) is 17.5 Å². The summed E-state index contributed by atoms with van der Waals surface area (Å²) in [6, 6.07) is 7.94. The number of halogens is 2. The van der Waals surface area contributed by atoms with Crippen molar-refractivity contribution in [2.24, 2.45) is 0 Å². The molecular weight excluding hydrogens is 529 g/mol. The fraction of sp³-hybridized carbons (Fsp3) is 0.333. The third kappa shape index (κ3) is 4.88. The number of hydrogen-bond donors (Lipinski definition) is 2. The zero-order chi connectivity index (χ0) is 24.6. The van der Waals surface area contributed by atoms with Crippen molar-refractivity contribution in [3.05, 3.63) is 62.4 Å². The van der Waals surface area contributed by atoms with Crippen molar-refractivity contribution in [2.75, 3.05) is 6.61 Å². The van der Waals surface area contributed by atoms with Crippen LogP contribution >= 0.6 is 45.9 Å². The Kier molecular flexibility index (Phi) is 6.96. The van der Waals surface area contributed by atoms with Crippen molar-refractivity contribution in [1.29, 1.82) is 0 Å². The van der Waals surface area contributed by atoms with Gasteiger partial charge in [0.05, 0.1) is 21.0 Å². The molecule has 182 valence electrons. The summed E-state index contributed by atoms with van der Waals surface area (Å²) in [5.74, 6) is -1.06. The van der Waals surface area contributed by atoms with E-state index < -0.39 is 23.4 Å². The van der Waals surface area contributed by atoms with Gasteiger partial charge < -0.3 is 15.4 Å². The molecule has 1 aliphatic carbocycles. The SMILES string of the molecule is O=C(NC(Cc1ccc(Cl)c(Cl)c1)C(=O)NC12CCCC1OCC2=O)c1csc(-c2cccs2)n1. The number of thiophene rings is 1. The predicted molar refractivity (Wildman–Crippen MR) is 136 cm³/mol. The van der Waals surface area contributed by atoms with Crippen LogP contribution in [0.1, 0.15) is 35.3 Å². The third-order valence-electron chi connectivity index (χ3n) is 6.36. The Bertz CT molecular complexity index is 1280. The molecule has 2 amide bonds. The smallest absolute Gasteiger partial charge is 0.271 e. The second-order valence-electron chi connectivity index (χ2n) is 8.57. The van der Waals surface area contributed by atoms with E-state index >= 15 is 0 Å². The number of carbonyl (C=O) groups excluding carboxylic acids is 3. The molecule has 3 aromatic rings. The molecule has 3 atom stereocenters. The van der Waals surface area contributed by atoms with E-state index in [0.717, 1.165) is 16.3 Å². The number of carbonyl (C=O) groups is 3. The molecule has 2 N–H and O–H groups in total. The number of fused-ring (bicyclic) bond motifs is 1. The molecule has 0 radical (unpaired) electrons. The molecule has 3 heterocycles. The molecule has 2 aliphatic rings. The summed E-state index contributed by atoms with van der Waals surface area (Å²) in [4.78, 5) is 44.7. The van der Waals surface area contributed by atoms with E-state index in [-0.39, 0.29) is 30.6 Å². The van der Waals surface area contributed by atoms with Crippen LogP contribution in [0.4, 0.5) is 0 Å². The van der Waals surface area contributed by atoms with Gasteiger partial charge in [-0.15, -0.1) is 22.7 Å². The molecule has 2 aromatic heterocycles. The molecule has 3 unspecified atom stereocenters. The lowest BCUT2D eigenvalue weighted by Gasteiger charge is -2.30. The first-order valence-electron chi connectivity index (χ1n) is 11.1. The van der Waals surface area contributed by atoms with E-state index in [0.29, 0.717) is 28.5 Å². The Hall–Kier alpha value is -2.30. The summed E-state index contributed by atoms with van der Waals surface area (Å²) in [5, 5.41) is 10.8. The lowest BCUT2D eigenvalue weighted by molar-refractivity contribution is -0.131. The summed E-state index contributed by atoms with van der Waals surface area (Å²) in [7, 11) is 0. The molecule has 1 saturated carbocycles. The quantitative estimate of drug-likeness (QED) is 0.451. The zero-order valence-electron chi connectivity index (χ0n) is 18.4. The highest BCUT2D eigenvalue weighted by atomic mass is 35.5. The molecule has 0 bridgehead atoms. The molecule has 35 heavy (non-hydrogen) atoms. The van der Waals surface area contributed by atoms with Crippen molar-refractivity contribution in [2.45, 2.75) is 43.4 Å². The topological polar surface area (TPSA) is 97.4 Å². The first-order chi connectivity index (χ1) is 16.9. The van der Waals surface area contributed by atoms with Gasteiger partial charge in [-0.25, -0.2) is 4.98 Å². The normalized spacial score (nSPS) is 22.1. The molecule has 1 saturated heterocycles. The van der Waals surface area contributed by atoms with E-state index in [1.165, 1.54) is 22.7 Å². The van der Waals surface area contributed by atoms with Crippen LogP contribution in [0.3, 0.4) is 0 Å². The van der Waals surface area contributed by atoms with Crippen LogP contribution in [0.15, 0.2) is 41.1 Å². The number of ketones is 1. The monoisotopic (exact) mass is 549 g/mol. The van der Waals surface area contributed by atoms with Crippen LogP contribution in [0, 0.1) is 0 Å². The van der Waals surface area contributed by atoms with E-state index in [9.17, 15) is 14.4 Å². The highest BCUT2D eigenvalue weighted by molar-refractivity contribution is 7.20. The molecule has 7 nitrogen and oxygen atoms in total. The first kappa shape index (κ1) is 24.4. The molecule has 1 aromatic carbocycles. The fourth-order valence-corrected chi connectivity index (χ4v) is 6.51. The lowest BCUT2D eigenvalue weighted by Crippen LogP contribution is -2.60. The van der Waals surface area contributed by atoms with E-state index in [1.54, 1.807) is 23.6 Å². The average Bonchev–Trinajstić information content (AvgIpc) is 3.62. The van der Waals surface area contributed by atoms with Crippen LogP contribution < -0.4 is 10.6 Å². The van der Waals surface area contributed by atoms with Gasteiger partial charge in [0.2, 0.25) is 5.91 Å². The van der Waals surface area contributed by atoms with Crippen molar-refractivity contribution in [1.82, 2.24) is 15.6 Å². The fourth-order valence-electron chi connectivity index (χ4n) is 4.58. The van der Waals surface area contributed by atoms with Gasteiger partial charge in [-0.3, -0.25) is 14.4 Å². The first-order valence-corrected chi connectivity index (χ1v) is 13.6. The molecule has 11 heteroatoms. The van der Waals surface area contributed by atoms with Gasteiger partial charge in [0, 0.05) is 11.8 Å². The minimum atomic E-state index is -1.04. The van der Waals surface area contributed by atoms with Crippen LogP contribution in [0.5, 0.6) is 0 Å². The Labute approximate surface area is 219 Å². The van der Waals surface area contributed by atoms with Crippen LogP contribution in [0.2, 0.25) is 10.0 Å². The Morgan fingerprint density at radius 3 is 2.86 bits per heavy atom. The van der Waals surface area contributed by atoms with Gasteiger partial charge in [-0.05, 0) is 48.4 Å². The number of ether oxygens (including phenoxy) is 1. The number of benzene rings is 1. The summed E-state index contributed by atoms with van der Waals surface area (Å²) in [5.41, 5.74) is -0.0978. The molecule has 2 fully saturated rings. The minimum absolute atomic E-state index is 0.0148. The van der Waals surface area contributed by atoms with E-state index in [2.05, 4.69) is 15.6 Å². The summed E-state index contributed by atoms with van der Waals surface area (Å²) < 4.78 is 5.62. The van der Waals surface area contributed by atoms with Gasteiger partial charge in [-0.1, -0.05) is 35.3 Å². The van der Waals surface area contributed by atoms with Crippen molar-refractivity contribution in [3.63, 3.8) is 0 Å². The molecular formula is C24H21Cl2N3O4S2. The van der Waals surface area contributed by atoms with E-state index in [4.69, 9.17) is 27.9 Å². The summed E-state index contributed by atoms with van der Waals surface area (Å²) in [6.45, 7) is -0.0148. The Morgan fingerprint density at radius 2 is 2.09 bits per heavy atom. The lowest BCUT2D eigenvalue weighted by atomic mass is 9.91. The van der Waals surface area contributed by atoms with Crippen LogP contribution in [-0.2, 0) is 20.7 Å². The number of hydrogen-bond acceptors (Lipinski definition) is 7. The van der Waals surface area contributed by atoms with Crippen molar-refractivity contribution in [3.8, 4) is 9.88 Å². The van der Waals surface area contributed by atoms with Crippen LogP contribution in [-0.4, -0.2) is 46.9 Å². The van der Waals surface area contributed by atoms with Gasteiger partial charge in [0.15, 0.2) is 5.78 Å². The number of thiazole rings is 1. The summed E-state index contributed by atoms with van der Waals surface area (Å²) in [6.07, 6.45) is 1.83. The minimum Gasteiger partial charge on any atom is -0.367 e. The van der Waals surface area contributed by atoms with Crippen LogP contribution in [0.25, 0.3) is 9.88 Å². The van der Waals surface area contributed by atoms with Gasteiger partial charge >= 0.3 is 0 Å². The number of rotatable bonds is 7.